The van der Waals surface area contributed by atoms with Gasteiger partial charge in [0.15, 0.2) is 0 Å². The highest BCUT2D eigenvalue weighted by atomic mass is 32.1. The highest BCUT2D eigenvalue weighted by molar-refractivity contribution is 7.26. The van der Waals surface area contributed by atoms with Crippen LogP contribution < -0.4 is 4.90 Å². The van der Waals surface area contributed by atoms with Gasteiger partial charge in [0, 0.05) is 37.2 Å². The summed E-state index contributed by atoms with van der Waals surface area (Å²) in [7, 11) is 0. The van der Waals surface area contributed by atoms with Gasteiger partial charge in [-0.05, 0) is 103 Å². The Morgan fingerprint density at radius 3 is 1.71 bits per heavy atom. The van der Waals surface area contributed by atoms with Crippen LogP contribution in [0, 0.1) is 0 Å². The Kier molecular flexibility index (Phi) is 7.41. The SMILES string of the molecule is c1ccc(-c2ccc(N(c3ccc(-c4cccc5c4sc4ccc6ccccc6c45)cc3)c3cccc(-c4ccc5ccccc5c4)c3)cc2)cc1. The van der Waals surface area contributed by atoms with Crippen molar-refractivity contribution < 1.29 is 0 Å². The molecular weight excluding hydrogens is 647 g/mol. The third kappa shape index (κ3) is 5.33. The molecule has 0 bridgehead atoms. The highest BCUT2D eigenvalue weighted by Gasteiger charge is 2.16. The molecule has 2 heteroatoms. The quantitative estimate of drug-likeness (QED) is 0.169. The molecular formula is C50H33NS. The standard InChI is InChI=1S/C50H33NS/c1-2-10-34(11-3-1)36-22-27-42(28-23-36)51(44-16-8-15-40(33-44)41-21-20-35-12-4-5-14-39(35)32-41)43-29-24-38(25-30-43)46-18-9-19-47-49-45-17-7-6-13-37(45)26-31-48(49)52-50(46)47/h1-33H. The van der Waals surface area contributed by atoms with Crippen LogP contribution in [0.2, 0.25) is 0 Å². The van der Waals surface area contributed by atoms with E-state index in [1.165, 1.54) is 75.1 Å². The van der Waals surface area contributed by atoms with Gasteiger partial charge in [0.05, 0.1) is 0 Å². The molecule has 1 heterocycles. The predicted octanol–water partition coefficient (Wildman–Crippen LogP) is 14.8. The minimum atomic E-state index is 1.11. The molecule has 0 unspecified atom stereocenters. The van der Waals surface area contributed by atoms with E-state index in [-0.39, 0.29) is 0 Å². The molecule has 0 saturated heterocycles. The maximum absolute atomic E-state index is 2.37. The molecule has 1 aromatic heterocycles. The van der Waals surface area contributed by atoms with Crippen LogP contribution in [-0.4, -0.2) is 0 Å². The molecule has 10 aromatic rings. The second-order valence-corrected chi connectivity index (χ2v) is 14.4. The van der Waals surface area contributed by atoms with Gasteiger partial charge in [-0.25, -0.2) is 0 Å². The fourth-order valence-corrected chi connectivity index (χ4v) is 8.91. The Morgan fingerprint density at radius 1 is 0.327 bits per heavy atom. The number of rotatable bonds is 6. The van der Waals surface area contributed by atoms with E-state index in [9.17, 15) is 0 Å². The summed E-state index contributed by atoms with van der Waals surface area (Å²) in [5, 5.41) is 7.78. The second kappa shape index (κ2) is 12.7. The Labute approximate surface area is 307 Å². The van der Waals surface area contributed by atoms with E-state index < -0.39 is 0 Å². The van der Waals surface area contributed by atoms with E-state index in [4.69, 9.17) is 0 Å². The molecule has 0 atom stereocenters. The lowest BCUT2D eigenvalue weighted by Gasteiger charge is -2.26. The number of anilines is 3. The molecule has 1 nitrogen and oxygen atoms in total. The first-order valence-electron chi connectivity index (χ1n) is 17.8. The lowest BCUT2D eigenvalue weighted by atomic mass is 9.99. The molecule has 0 aliphatic carbocycles. The van der Waals surface area contributed by atoms with Crippen LogP contribution in [0.3, 0.4) is 0 Å². The predicted molar refractivity (Wildman–Crippen MR) is 225 cm³/mol. The summed E-state index contributed by atoms with van der Waals surface area (Å²) in [6, 6.07) is 72.8. The van der Waals surface area contributed by atoms with Gasteiger partial charge >= 0.3 is 0 Å². The first kappa shape index (κ1) is 30.4. The summed E-state index contributed by atoms with van der Waals surface area (Å²) in [5.74, 6) is 0. The summed E-state index contributed by atoms with van der Waals surface area (Å²) < 4.78 is 2.66. The molecule has 0 aliphatic rings. The van der Waals surface area contributed by atoms with Gasteiger partial charge in [-0.3, -0.25) is 0 Å². The summed E-state index contributed by atoms with van der Waals surface area (Å²) in [5.41, 5.74) is 10.6. The molecule has 9 aromatic carbocycles. The Morgan fingerprint density at radius 2 is 0.904 bits per heavy atom. The zero-order chi connectivity index (χ0) is 34.4. The van der Waals surface area contributed by atoms with Crippen LogP contribution in [-0.2, 0) is 0 Å². The Balaban J connectivity index is 1.08. The number of hydrogen-bond acceptors (Lipinski definition) is 2. The molecule has 244 valence electrons. The van der Waals surface area contributed by atoms with Crippen molar-refractivity contribution in [2.24, 2.45) is 0 Å². The molecule has 0 saturated carbocycles. The number of thiophene rings is 1. The summed E-state index contributed by atoms with van der Waals surface area (Å²) in [6.07, 6.45) is 0. The van der Waals surface area contributed by atoms with Crippen LogP contribution in [0.25, 0.3) is 75.1 Å². The van der Waals surface area contributed by atoms with Crippen LogP contribution in [0.4, 0.5) is 17.1 Å². The van der Waals surface area contributed by atoms with Crippen molar-refractivity contribution in [2.75, 3.05) is 4.90 Å². The monoisotopic (exact) mass is 679 g/mol. The second-order valence-electron chi connectivity index (χ2n) is 13.4. The van der Waals surface area contributed by atoms with E-state index in [1.807, 2.05) is 11.3 Å². The van der Waals surface area contributed by atoms with Crippen molar-refractivity contribution >= 4 is 70.1 Å². The zero-order valence-corrected chi connectivity index (χ0v) is 29.2. The van der Waals surface area contributed by atoms with Crippen molar-refractivity contribution in [3.63, 3.8) is 0 Å². The van der Waals surface area contributed by atoms with Crippen molar-refractivity contribution in [3.8, 4) is 33.4 Å². The fourth-order valence-electron chi connectivity index (χ4n) is 7.66. The normalized spacial score (nSPS) is 11.5. The van der Waals surface area contributed by atoms with E-state index in [1.54, 1.807) is 0 Å². The van der Waals surface area contributed by atoms with Crippen molar-refractivity contribution in [1.29, 1.82) is 0 Å². The largest absolute Gasteiger partial charge is 0.310 e. The fraction of sp³-hybridized carbons (Fsp3) is 0. The van der Waals surface area contributed by atoms with Gasteiger partial charge < -0.3 is 4.90 Å². The minimum absolute atomic E-state index is 1.11. The Bertz CT molecular complexity index is 2890. The van der Waals surface area contributed by atoms with Crippen LogP contribution in [0.15, 0.2) is 200 Å². The average molecular weight is 680 g/mol. The molecule has 0 aliphatic heterocycles. The minimum Gasteiger partial charge on any atom is -0.310 e. The van der Waals surface area contributed by atoms with Crippen molar-refractivity contribution in [1.82, 2.24) is 0 Å². The van der Waals surface area contributed by atoms with Gasteiger partial charge in [-0.1, -0.05) is 152 Å². The van der Waals surface area contributed by atoms with E-state index >= 15 is 0 Å². The van der Waals surface area contributed by atoms with Gasteiger partial charge in [-0.15, -0.1) is 11.3 Å². The van der Waals surface area contributed by atoms with Crippen molar-refractivity contribution in [3.05, 3.63) is 200 Å². The average Bonchev–Trinajstić information content (AvgIpc) is 3.62. The van der Waals surface area contributed by atoms with E-state index in [0.29, 0.717) is 0 Å². The maximum atomic E-state index is 2.37. The Hall–Kier alpha value is -6.48. The van der Waals surface area contributed by atoms with Crippen LogP contribution in [0.5, 0.6) is 0 Å². The van der Waals surface area contributed by atoms with Gasteiger partial charge in [0.25, 0.3) is 0 Å². The molecule has 0 N–H and O–H groups in total. The lowest BCUT2D eigenvalue weighted by molar-refractivity contribution is 1.28. The molecule has 52 heavy (non-hydrogen) atoms. The van der Waals surface area contributed by atoms with Crippen LogP contribution in [0.1, 0.15) is 0 Å². The molecule has 0 spiro atoms. The van der Waals surface area contributed by atoms with E-state index in [2.05, 4.69) is 205 Å². The smallest absolute Gasteiger partial charge is 0.0467 e. The maximum Gasteiger partial charge on any atom is 0.0467 e. The number of fused-ring (bicyclic) bond motifs is 6. The number of hydrogen-bond donors (Lipinski definition) is 0. The molecule has 0 fully saturated rings. The summed E-state index contributed by atoms with van der Waals surface area (Å²) in [6.45, 7) is 0. The third-order valence-corrected chi connectivity index (χ3v) is 11.4. The number of nitrogens with zero attached hydrogens (tertiary/aromatic N) is 1. The zero-order valence-electron chi connectivity index (χ0n) is 28.4. The lowest BCUT2D eigenvalue weighted by Crippen LogP contribution is -2.10. The van der Waals surface area contributed by atoms with E-state index in [0.717, 1.165) is 17.1 Å². The van der Waals surface area contributed by atoms with Crippen molar-refractivity contribution in [2.45, 2.75) is 0 Å². The number of benzene rings is 9. The van der Waals surface area contributed by atoms with Crippen LogP contribution >= 0.6 is 11.3 Å². The molecule has 0 radical (unpaired) electrons. The first-order valence-corrected chi connectivity index (χ1v) is 18.6. The first-order chi connectivity index (χ1) is 25.8. The molecule has 10 rings (SSSR count). The summed E-state index contributed by atoms with van der Waals surface area (Å²) in [4.78, 5) is 2.37. The topological polar surface area (TPSA) is 3.24 Å². The van der Waals surface area contributed by atoms with Gasteiger partial charge in [-0.2, -0.15) is 0 Å². The third-order valence-electron chi connectivity index (χ3n) is 10.2. The highest BCUT2D eigenvalue weighted by Crippen LogP contribution is 2.44. The summed E-state index contributed by atoms with van der Waals surface area (Å²) >= 11 is 1.89. The van der Waals surface area contributed by atoms with Gasteiger partial charge in [0.1, 0.15) is 0 Å². The molecule has 0 amide bonds. The van der Waals surface area contributed by atoms with Gasteiger partial charge in [0.2, 0.25) is 0 Å².